The van der Waals surface area contributed by atoms with Gasteiger partial charge in [-0.25, -0.2) is 4.79 Å². The van der Waals surface area contributed by atoms with Gasteiger partial charge in [-0.05, 0) is 24.0 Å². The topological polar surface area (TPSA) is 137 Å². The monoisotopic (exact) mass is 469 g/mol. The second kappa shape index (κ2) is 15.0. The molecule has 2 rings (SSSR count). The Bertz CT molecular complexity index is 921. The van der Waals surface area contributed by atoms with Crippen LogP contribution in [0, 0.1) is 0 Å². The Labute approximate surface area is 199 Å². The van der Waals surface area contributed by atoms with E-state index in [4.69, 9.17) is 15.2 Å². The van der Waals surface area contributed by atoms with E-state index in [1.54, 1.807) is 0 Å². The number of carbonyl (C=O) groups is 4. The average molecular weight is 470 g/mol. The van der Waals surface area contributed by atoms with E-state index in [9.17, 15) is 19.2 Å². The maximum absolute atomic E-state index is 12.1. The van der Waals surface area contributed by atoms with Crippen molar-refractivity contribution in [2.24, 2.45) is 5.73 Å². The number of alkyl carbamates (subject to hydrolysis) is 1. The molecule has 4 N–H and O–H groups in total. The molecular formula is C25H31N3O6. The van der Waals surface area contributed by atoms with Crippen LogP contribution in [-0.4, -0.2) is 36.5 Å². The van der Waals surface area contributed by atoms with E-state index < -0.39 is 24.0 Å². The van der Waals surface area contributed by atoms with Crippen LogP contribution in [0.3, 0.4) is 0 Å². The van der Waals surface area contributed by atoms with Gasteiger partial charge in [0.15, 0.2) is 0 Å². The number of hydrogen-bond donors (Lipinski definition) is 3. The molecule has 0 aliphatic rings. The molecule has 1 atom stereocenters. The SMILES string of the molecule is NC(=O)[C@H](CC(=O)OCc1ccccc1)NC(=O)CCCCCNC(=O)OCc1ccccc1. The Hall–Kier alpha value is -3.88. The van der Waals surface area contributed by atoms with E-state index in [0.29, 0.717) is 25.8 Å². The lowest BCUT2D eigenvalue weighted by atomic mass is 10.1. The number of esters is 1. The maximum atomic E-state index is 12.1. The van der Waals surface area contributed by atoms with Gasteiger partial charge in [-0.3, -0.25) is 14.4 Å². The minimum absolute atomic E-state index is 0.0763. The first-order chi connectivity index (χ1) is 16.4. The molecule has 0 saturated carbocycles. The van der Waals surface area contributed by atoms with Gasteiger partial charge >= 0.3 is 12.1 Å². The van der Waals surface area contributed by atoms with Crippen LogP contribution in [0.1, 0.15) is 43.2 Å². The number of primary amides is 1. The summed E-state index contributed by atoms with van der Waals surface area (Å²) in [6.45, 7) is 0.701. The summed E-state index contributed by atoms with van der Waals surface area (Å²) in [6, 6.07) is 17.4. The summed E-state index contributed by atoms with van der Waals surface area (Å²) in [4.78, 5) is 47.4. The van der Waals surface area contributed by atoms with Crippen molar-refractivity contribution in [1.82, 2.24) is 10.6 Å². The number of benzene rings is 2. The van der Waals surface area contributed by atoms with Crippen LogP contribution in [0.2, 0.25) is 0 Å². The highest BCUT2D eigenvalue weighted by molar-refractivity contribution is 5.89. The molecule has 3 amide bonds. The maximum Gasteiger partial charge on any atom is 0.407 e. The fraction of sp³-hybridized carbons (Fsp3) is 0.360. The number of unbranched alkanes of at least 4 members (excludes halogenated alkanes) is 2. The molecule has 0 fully saturated rings. The van der Waals surface area contributed by atoms with E-state index in [1.807, 2.05) is 60.7 Å². The predicted molar refractivity (Wildman–Crippen MR) is 125 cm³/mol. The lowest BCUT2D eigenvalue weighted by Crippen LogP contribution is -2.45. The van der Waals surface area contributed by atoms with Crippen molar-refractivity contribution in [3.05, 3.63) is 71.8 Å². The third-order valence-corrected chi connectivity index (χ3v) is 4.85. The molecule has 0 aliphatic carbocycles. The number of hydrogen-bond acceptors (Lipinski definition) is 6. The predicted octanol–water partition coefficient (Wildman–Crippen LogP) is 2.58. The molecule has 0 aromatic heterocycles. The summed E-state index contributed by atoms with van der Waals surface area (Å²) >= 11 is 0. The van der Waals surface area contributed by atoms with E-state index in [-0.39, 0.29) is 32.0 Å². The zero-order valence-corrected chi connectivity index (χ0v) is 19.0. The van der Waals surface area contributed by atoms with Gasteiger partial charge < -0.3 is 25.8 Å². The fourth-order valence-electron chi connectivity index (χ4n) is 3.00. The Morgan fingerprint density at radius 1 is 0.794 bits per heavy atom. The summed E-state index contributed by atoms with van der Waals surface area (Å²) in [6.07, 6.45) is 1.25. The van der Waals surface area contributed by atoms with E-state index in [1.165, 1.54) is 0 Å². The normalized spacial score (nSPS) is 11.2. The number of nitrogens with one attached hydrogen (secondary N) is 2. The Kier molecular flexibility index (Phi) is 11.7. The zero-order chi connectivity index (χ0) is 24.6. The Morgan fingerprint density at radius 3 is 1.97 bits per heavy atom. The van der Waals surface area contributed by atoms with Gasteiger partial charge in [0, 0.05) is 13.0 Å². The number of carbonyl (C=O) groups excluding carboxylic acids is 4. The molecule has 9 heteroatoms. The molecular weight excluding hydrogens is 438 g/mol. The standard InChI is InChI=1S/C25H31N3O6/c26-24(31)21(16-23(30)33-17-19-10-4-1-5-11-19)28-22(29)14-8-3-9-15-27-25(32)34-18-20-12-6-2-7-13-20/h1-2,4-7,10-13,21H,3,8-9,14-18H2,(H2,26,31)(H,27,32)(H,28,29)/t21-/m0/s1. The van der Waals surface area contributed by atoms with Gasteiger partial charge in [-0.15, -0.1) is 0 Å². The average Bonchev–Trinajstić information content (AvgIpc) is 2.84. The van der Waals surface area contributed by atoms with Gasteiger partial charge in [0.1, 0.15) is 19.3 Å². The van der Waals surface area contributed by atoms with Gasteiger partial charge in [0.05, 0.1) is 6.42 Å². The molecule has 2 aromatic rings. The molecule has 2 aromatic carbocycles. The third-order valence-electron chi connectivity index (χ3n) is 4.85. The highest BCUT2D eigenvalue weighted by Crippen LogP contribution is 2.05. The molecule has 182 valence electrons. The van der Waals surface area contributed by atoms with Crippen LogP contribution in [0.5, 0.6) is 0 Å². The van der Waals surface area contributed by atoms with E-state index in [0.717, 1.165) is 11.1 Å². The van der Waals surface area contributed by atoms with Crippen molar-refractivity contribution in [1.29, 1.82) is 0 Å². The minimum atomic E-state index is -1.13. The lowest BCUT2D eigenvalue weighted by Gasteiger charge is -2.15. The first kappa shape index (κ1) is 26.4. The molecule has 0 spiro atoms. The molecule has 0 aliphatic heterocycles. The second-order valence-electron chi connectivity index (χ2n) is 7.67. The van der Waals surface area contributed by atoms with Crippen LogP contribution in [0.4, 0.5) is 4.79 Å². The van der Waals surface area contributed by atoms with Crippen LogP contribution in [0.25, 0.3) is 0 Å². The van der Waals surface area contributed by atoms with Gasteiger partial charge in [0.2, 0.25) is 11.8 Å². The zero-order valence-electron chi connectivity index (χ0n) is 19.0. The van der Waals surface area contributed by atoms with Crippen molar-refractivity contribution in [3.63, 3.8) is 0 Å². The molecule has 0 unspecified atom stereocenters. The van der Waals surface area contributed by atoms with Crippen LogP contribution < -0.4 is 16.4 Å². The number of rotatable bonds is 14. The first-order valence-electron chi connectivity index (χ1n) is 11.2. The third kappa shape index (κ3) is 11.1. The fourth-order valence-corrected chi connectivity index (χ4v) is 3.00. The highest BCUT2D eigenvalue weighted by atomic mass is 16.5. The molecule has 34 heavy (non-hydrogen) atoms. The molecule has 9 nitrogen and oxygen atoms in total. The molecule has 0 radical (unpaired) electrons. The van der Waals surface area contributed by atoms with Crippen LogP contribution in [-0.2, 0) is 37.1 Å². The summed E-state index contributed by atoms with van der Waals surface area (Å²) in [5, 5.41) is 5.14. The minimum Gasteiger partial charge on any atom is -0.461 e. The largest absolute Gasteiger partial charge is 0.461 e. The summed E-state index contributed by atoms with van der Waals surface area (Å²) in [5.74, 6) is -1.81. The van der Waals surface area contributed by atoms with Crippen molar-refractivity contribution in [3.8, 4) is 0 Å². The van der Waals surface area contributed by atoms with Crippen molar-refractivity contribution in [2.45, 2.75) is 51.4 Å². The van der Waals surface area contributed by atoms with Gasteiger partial charge in [-0.2, -0.15) is 0 Å². The van der Waals surface area contributed by atoms with Gasteiger partial charge in [0.25, 0.3) is 0 Å². The Balaban J connectivity index is 1.56. The highest BCUT2D eigenvalue weighted by Gasteiger charge is 2.22. The van der Waals surface area contributed by atoms with E-state index >= 15 is 0 Å². The number of ether oxygens (including phenoxy) is 2. The summed E-state index contributed by atoms with van der Waals surface area (Å²) < 4.78 is 10.3. The van der Waals surface area contributed by atoms with Crippen LogP contribution in [0.15, 0.2) is 60.7 Å². The summed E-state index contributed by atoms with van der Waals surface area (Å²) in [5.41, 5.74) is 7.03. The molecule has 0 bridgehead atoms. The van der Waals surface area contributed by atoms with Crippen molar-refractivity contribution in [2.75, 3.05) is 6.54 Å². The number of nitrogens with two attached hydrogens (primary N) is 1. The lowest BCUT2D eigenvalue weighted by molar-refractivity contribution is -0.147. The van der Waals surface area contributed by atoms with Crippen molar-refractivity contribution < 1.29 is 28.7 Å². The van der Waals surface area contributed by atoms with Crippen LogP contribution >= 0.6 is 0 Å². The van der Waals surface area contributed by atoms with Gasteiger partial charge in [-0.1, -0.05) is 67.1 Å². The quantitative estimate of drug-likeness (QED) is 0.287. The molecule has 0 saturated heterocycles. The summed E-state index contributed by atoms with van der Waals surface area (Å²) in [7, 11) is 0. The smallest absolute Gasteiger partial charge is 0.407 e. The van der Waals surface area contributed by atoms with E-state index in [2.05, 4.69) is 10.6 Å². The molecule has 0 heterocycles. The number of amides is 3. The first-order valence-corrected chi connectivity index (χ1v) is 11.2. The Morgan fingerprint density at radius 2 is 1.38 bits per heavy atom. The van der Waals surface area contributed by atoms with Crippen molar-refractivity contribution >= 4 is 23.9 Å². The second-order valence-corrected chi connectivity index (χ2v) is 7.67.